The third kappa shape index (κ3) is 4.34. The van der Waals surface area contributed by atoms with Gasteiger partial charge in [0.1, 0.15) is 11.5 Å². The molecule has 1 aromatic heterocycles. The van der Waals surface area contributed by atoms with E-state index in [2.05, 4.69) is 53.7 Å². The van der Waals surface area contributed by atoms with Crippen LogP contribution >= 0.6 is 11.3 Å². The molecular formula is C21H25N3O2S. The highest BCUT2D eigenvalue weighted by molar-refractivity contribution is 7.14. The summed E-state index contributed by atoms with van der Waals surface area (Å²) in [5.74, 6) is 1.47. The van der Waals surface area contributed by atoms with Crippen molar-refractivity contribution in [2.24, 2.45) is 0 Å². The summed E-state index contributed by atoms with van der Waals surface area (Å²) in [5.41, 5.74) is 4.16. The van der Waals surface area contributed by atoms with Crippen LogP contribution in [0.3, 0.4) is 0 Å². The standard InChI is InChI=1S/C21H25N3O2S/c1-5-24(6-2)16-9-7-15(8-10-16)19-14-27-21(23-19)22-18-12-11-17(25-3)13-20(18)26-4/h7-14H,5-6H2,1-4H3,(H,22,23). The lowest BCUT2D eigenvalue weighted by atomic mass is 10.1. The molecule has 3 aromatic rings. The van der Waals surface area contributed by atoms with Crippen LogP contribution in [0.25, 0.3) is 11.3 Å². The summed E-state index contributed by atoms with van der Waals surface area (Å²) in [4.78, 5) is 7.04. The van der Waals surface area contributed by atoms with Crippen molar-refractivity contribution in [3.05, 3.63) is 47.8 Å². The Balaban J connectivity index is 1.77. The van der Waals surface area contributed by atoms with Gasteiger partial charge in [0.15, 0.2) is 5.13 Å². The molecule has 1 heterocycles. The fourth-order valence-electron chi connectivity index (χ4n) is 2.91. The van der Waals surface area contributed by atoms with Crippen molar-refractivity contribution in [1.82, 2.24) is 4.98 Å². The van der Waals surface area contributed by atoms with E-state index < -0.39 is 0 Å². The maximum atomic E-state index is 5.44. The average molecular weight is 384 g/mol. The van der Waals surface area contributed by atoms with E-state index in [0.29, 0.717) is 0 Å². The molecule has 0 fully saturated rings. The Morgan fingerprint density at radius 1 is 1.00 bits per heavy atom. The summed E-state index contributed by atoms with van der Waals surface area (Å²) in [5, 5.41) is 6.21. The van der Waals surface area contributed by atoms with Crippen LogP contribution in [0, 0.1) is 0 Å². The highest BCUT2D eigenvalue weighted by atomic mass is 32.1. The van der Waals surface area contributed by atoms with Crippen molar-refractivity contribution in [3.8, 4) is 22.8 Å². The van der Waals surface area contributed by atoms with Crippen LogP contribution in [0.15, 0.2) is 47.8 Å². The van der Waals surface area contributed by atoms with Gasteiger partial charge in [-0.05, 0) is 38.1 Å². The molecule has 142 valence electrons. The Kier molecular flexibility index (Phi) is 6.19. The van der Waals surface area contributed by atoms with Crippen molar-refractivity contribution < 1.29 is 9.47 Å². The van der Waals surface area contributed by atoms with Gasteiger partial charge in [0.05, 0.1) is 25.6 Å². The molecule has 0 radical (unpaired) electrons. The normalized spacial score (nSPS) is 10.5. The molecule has 0 atom stereocenters. The van der Waals surface area contributed by atoms with Gasteiger partial charge in [-0.1, -0.05) is 12.1 Å². The highest BCUT2D eigenvalue weighted by Gasteiger charge is 2.10. The number of hydrogen-bond donors (Lipinski definition) is 1. The second kappa shape index (κ2) is 8.77. The zero-order chi connectivity index (χ0) is 19.2. The maximum Gasteiger partial charge on any atom is 0.187 e. The van der Waals surface area contributed by atoms with Crippen LogP contribution in [0.2, 0.25) is 0 Å². The summed E-state index contributed by atoms with van der Waals surface area (Å²) in [7, 11) is 3.28. The summed E-state index contributed by atoms with van der Waals surface area (Å²) in [6.07, 6.45) is 0. The number of methoxy groups -OCH3 is 2. The first kappa shape index (κ1) is 19.0. The van der Waals surface area contributed by atoms with Gasteiger partial charge in [0.25, 0.3) is 0 Å². The van der Waals surface area contributed by atoms with Gasteiger partial charge >= 0.3 is 0 Å². The largest absolute Gasteiger partial charge is 0.497 e. The predicted octanol–water partition coefficient (Wildman–Crippen LogP) is 5.42. The summed E-state index contributed by atoms with van der Waals surface area (Å²) in [6.45, 7) is 6.35. The van der Waals surface area contributed by atoms with Gasteiger partial charge in [-0.15, -0.1) is 11.3 Å². The number of nitrogens with one attached hydrogen (secondary N) is 1. The van der Waals surface area contributed by atoms with E-state index in [1.165, 1.54) is 5.69 Å². The fraction of sp³-hybridized carbons (Fsp3) is 0.286. The Hall–Kier alpha value is -2.73. The molecule has 0 saturated heterocycles. The minimum Gasteiger partial charge on any atom is -0.497 e. The first-order chi connectivity index (χ1) is 13.2. The van der Waals surface area contributed by atoms with Crippen LogP contribution in [-0.2, 0) is 0 Å². The van der Waals surface area contributed by atoms with Crippen LogP contribution in [0.4, 0.5) is 16.5 Å². The zero-order valence-electron chi connectivity index (χ0n) is 16.2. The number of aromatic nitrogens is 1. The molecule has 0 amide bonds. The number of nitrogens with zero attached hydrogens (tertiary/aromatic N) is 2. The monoisotopic (exact) mass is 383 g/mol. The van der Waals surface area contributed by atoms with Crippen LogP contribution in [0.1, 0.15) is 13.8 Å². The lowest BCUT2D eigenvalue weighted by Gasteiger charge is -2.20. The van der Waals surface area contributed by atoms with Crippen molar-refractivity contribution >= 4 is 27.8 Å². The zero-order valence-corrected chi connectivity index (χ0v) is 17.0. The lowest BCUT2D eigenvalue weighted by molar-refractivity contribution is 0.395. The molecule has 0 aliphatic heterocycles. The second-order valence-electron chi connectivity index (χ2n) is 5.95. The summed E-state index contributed by atoms with van der Waals surface area (Å²) >= 11 is 1.57. The Morgan fingerprint density at radius 3 is 2.37 bits per heavy atom. The van der Waals surface area contributed by atoms with E-state index in [1.54, 1.807) is 25.6 Å². The van der Waals surface area contributed by atoms with Crippen molar-refractivity contribution in [2.45, 2.75) is 13.8 Å². The van der Waals surface area contributed by atoms with Crippen LogP contribution < -0.4 is 19.7 Å². The maximum absolute atomic E-state index is 5.44. The highest BCUT2D eigenvalue weighted by Crippen LogP contribution is 2.34. The molecule has 1 N–H and O–H groups in total. The number of anilines is 3. The smallest absolute Gasteiger partial charge is 0.187 e. The summed E-state index contributed by atoms with van der Waals surface area (Å²) in [6, 6.07) is 14.2. The molecule has 6 heteroatoms. The van der Waals surface area contributed by atoms with E-state index in [4.69, 9.17) is 14.5 Å². The number of benzene rings is 2. The average Bonchev–Trinajstić information content (AvgIpc) is 3.18. The third-order valence-corrected chi connectivity index (χ3v) is 5.20. The predicted molar refractivity (Wildman–Crippen MR) is 114 cm³/mol. The first-order valence-corrected chi connectivity index (χ1v) is 9.86. The number of rotatable bonds is 8. The Labute approximate surface area is 164 Å². The summed E-state index contributed by atoms with van der Waals surface area (Å²) < 4.78 is 10.7. The van der Waals surface area contributed by atoms with Gasteiger partial charge in [-0.3, -0.25) is 0 Å². The van der Waals surface area contributed by atoms with E-state index in [-0.39, 0.29) is 0 Å². The Bertz CT molecular complexity index is 873. The first-order valence-electron chi connectivity index (χ1n) is 8.98. The molecule has 3 rings (SSSR count). The van der Waals surface area contributed by atoms with E-state index in [9.17, 15) is 0 Å². The third-order valence-electron chi connectivity index (χ3n) is 4.45. The van der Waals surface area contributed by atoms with Crippen molar-refractivity contribution in [1.29, 1.82) is 0 Å². The van der Waals surface area contributed by atoms with Crippen LogP contribution in [-0.4, -0.2) is 32.3 Å². The Morgan fingerprint density at radius 2 is 1.74 bits per heavy atom. The molecule has 0 aliphatic rings. The molecule has 5 nitrogen and oxygen atoms in total. The topological polar surface area (TPSA) is 46.6 Å². The van der Waals surface area contributed by atoms with E-state index in [1.807, 2.05) is 18.2 Å². The molecule has 0 aliphatic carbocycles. The number of thiazole rings is 1. The minimum absolute atomic E-state index is 0.717. The fourth-order valence-corrected chi connectivity index (χ4v) is 3.64. The number of hydrogen-bond acceptors (Lipinski definition) is 6. The van der Waals surface area contributed by atoms with Gasteiger partial charge in [-0.25, -0.2) is 4.98 Å². The van der Waals surface area contributed by atoms with Gasteiger partial charge < -0.3 is 19.7 Å². The molecule has 0 unspecified atom stereocenters. The van der Waals surface area contributed by atoms with Crippen LogP contribution in [0.5, 0.6) is 11.5 Å². The quantitative estimate of drug-likeness (QED) is 0.563. The molecule has 0 spiro atoms. The molecule has 0 saturated carbocycles. The minimum atomic E-state index is 0.717. The van der Waals surface area contributed by atoms with E-state index >= 15 is 0 Å². The second-order valence-corrected chi connectivity index (χ2v) is 6.81. The van der Waals surface area contributed by atoms with Crippen molar-refractivity contribution in [3.63, 3.8) is 0 Å². The van der Waals surface area contributed by atoms with Gasteiger partial charge in [-0.2, -0.15) is 0 Å². The molecule has 27 heavy (non-hydrogen) atoms. The van der Waals surface area contributed by atoms with Crippen molar-refractivity contribution in [2.75, 3.05) is 37.5 Å². The van der Waals surface area contributed by atoms with E-state index in [0.717, 1.165) is 46.7 Å². The lowest BCUT2D eigenvalue weighted by Crippen LogP contribution is -2.21. The SMILES string of the molecule is CCN(CC)c1ccc(-c2csc(Nc3ccc(OC)cc3OC)n2)cc1. The van der Waals surface area contributed by atoms with Gasteiger partial charge in [0.2, 0.25) is 0 Å². The molecule has 0 bridgehead atoms. The molecular weight excluding hydrogens is 358 g/mol. The van der Waals surface area contributed by atoms with Gasteiger partial charge in [0, 0.05) is 35.8 Å². The number of ether oxygens (including phenoxy) is 2. The molecule has 2 aromatic carbocycles.